The van der Waals surface area contributed by atoms with E-state index < -0.39 is 0 Å². The topological polar surface area (TPSA) is 46.3 Å². The van der Waals surface area contributed by atoms with Crippen molar-refractivity contribution in [2.75, 3.05) is 19.6 Å². The van der Waals surface area contributed by atoms with E-state index in [-0.39, 0.29) is 11.8 Å². The lowest BCUT2D eigenvalue weighted by molar-refractivity contribution is -0.123. The number of primary amides is 1. The zero-order chi connectivity index (χ0) is 14.3. The minimum atomic E-state index is -0.116. The molecule has 1 aliphatic rings. The Hall–Kier alpha value is -0.830. The van der Waals surface area contributed by atoms with Gasteiger partial charge in [0, 0.05) is 5.92 Å². The molecule has 1 unspecified atom stereocenters. The Kier molecular flexibility index (Phi) is 7.14. The van der Waals surface area contributed by atoms with Crippen LogP contribution >= 0.6 is 0 Å². The number of hydrogen-bond acceptors (Lipinski definition) is 2. The van der Waals surface area contributed by atoms with Crippen molar-refractivity contribution in [1.29, 1.82) is 0 Å². The molecule has 1 heterocycles. The molecule has 0 radical (unpaired) electrons. The van der Waals surface area contributed by atoms with Crippen molar-refractivity contribution in [2.24, 2.45) is 17.6 Å². The lowest BCUT2D eigenvalue weighted by Crippen LogP contribution is -2.39. The number of carbonyl (C=O) groups is 1. The van der Waals surface area contributed by atoms with Crippen LogP contribution in [0.25, 0.3) is 0 Å². The molecule has 19 heavy (non-hydrogen) atoms. The summed E-state index contributed by atoms with van der Waals surface area (Å²) in [5, 5.41) is 0. The minimum absolute atomic E-state index is 0.116. The highest BCUT2D eigenvalue weighted by atomic mass is 16.1. The van der Waals surface area contributed by atoms with Crippen molar-refractivity contribution in [3.63, 3.8) is 0 Å². The number of allylic oxidation sites excluding steroid dienone is 2. The number of rotatable bonds is 7. The fourth-order valence-corrected chi connectivity index (χ4v) is 2.64. The Morgan fingerprint density at radius 1 is 1.32 bits per heavy atom. The van der Waals surface area contributed by atoms with Gasteiger partial charge in [-0.05, 0) is 71.5 Å². The van der Waals surface area contributed by atoms with Gasteiger partial charge in [-0.1, -0.05) is 18.6 Å². The number of carbonyl (C=O) groups excluding carboxylic acids is 1. The summed E-state index contributed by atoms with van der Waals surface area (Å²) >= 11 is 0. The van der Waals surface area contributed by atoms with Crippen LogP contribution in [-0.4, -0.2) is 30.4 Å². The minimum Gasteiger partial charge on any atom is -0.369 e. The molecule has 0 aromatic carbocycles. The SMILES string of the molecule is CC(C)=CCCC(C)CCN1CCC(C(N)=O)CC1. The first kappa shape index (κ1) is 16.2. The highest BCUT2D eigenvalue weighted by Crippen LogP contribution is 2.19. The van der Waals surface area contributed by atoms with Gasteiger partial charge >= 0.3 is 0 Å². The third-order valence-electron chi connectivity index (χ3n) is 4.14. The van der Waals surface area contributed by atoms with Crippen molar-refractivity contribution >= 4 is 5.91 Å². The Bertz CT molecular complexity index is 300. The quantitative estimate of drug-likeness (QED) is 0.720. The predicted molar refractivity (Wildman–Crippen MR) is 80.8 cm³/mol. The van der Waals surface area contributed by atoms with Crippen molar-refractivity contribution in [3.8, 4) is 0 Å². The third-order valence-corrected chi connectivity index (χ3v) is 4.14. The molecule has 2 N–H and O–H groups in total. The van der Waals surface area contributed by atoms with E-state index in [2.05, 4.69) is 31.7 Å². The van der Waals surface area contributed by atoms with E-state index in [1.54, 1.807) is 0 Å². The summed E-state index contributed by atoms with van der Waals surface area (Å²) in [6.45, 7) is 9.90. The Labute approximate surface area is 118 Å². The zero-order valence-corrected chi connectivity index (χ0v) is 12.8. The molecule has 0 aromatic heterocycles. The van der Waals surface area contributed by atoms with Gasteiger partial charge in [-0.25, -0.2) is 0 Å². The standard InChI is InChI=1S/C16H30N2O/c1-13(2)5-4-6-14(3)7-10-18-11-8-15(9-12-18)16(17)19/h5,14-15H,4,6-12H2,1-3H3,(H2,17,19). The second-order valence-corrected chi connectivity index (χ2v) is 6.27. The van der Waals surface area contributed by atoms with E-state index in [1.165, 1.54) is 31.4 Å². The number of amides is 1. The fourth-order valence-electron chi connectivity index (χ4n) is 2.64. The molecule has 0 bridgehead atoms. The number of nitrogens with zero attached hydrogens (tertiary/aromatic N) is 1. The molecule has 0 saturated carbocycles. The van der Waals surface area contributed by atoms with Crippen LogP contribution in [0.2, 0.25) is 0 Å². The van der Waals surface area contributed by atoms with E-state index in [1.807, 2.05) is 0 Å². The summed E-state index contributed by atoms with van der Waals surface area (Å²) in [7, 11) is 0. The van der Waals surface area contributed by atoms with E-state index in [9.17, 15) is 4.79 Å². The van der Waals surface area contributed by atoms with Crippen molar-refractivity contribution < 1.29 is 4.79 Å². The molecular formula is C16H30N2O. The molecule has 0 aliphatic carbocycles. The highest BCUT2D eigenvalue weighted by molar-refractivity contribution is 5.76. The van der Waals surface area contributed by atoms with Crippen LogP contribution in [0.5, 0.6) is 0 Å². The normalized spacial score (nSPS) is 19.1. The molecule has 1 amide bonds. The van der Waals surface area contributed by atoms with Gasteiger partial charge in [0.25, 0.3) is 0 Å². The van der Waals surface area contributed by atoms with Gasteiger partial charge in [-0.15, -0.1) is 0 Å². The molecule has 3 heteroatoms. The fraction of sp³-hybridized carbons (Fsp3) is 0.812. The molecule has 0 aromatic rings. The second-order valence-electron chi connectivity index (χ2n) is 6.27. The van der Waals surface area contributed by atoms with Crippen LogP contribution < -0.4 is 5.73 Å². The predicted octanol–water partition coefficient (Wildman–Crippen LogP) is 2.96. The molecular weight excluding hydrogens is 236 g/mol. The number of nitrogens with two attached hydrogens (primary N) is 1. The monoisotopic (exact) mass is 266 g/mol. The first-order valence-corrected chi connectivity index (χ1v) is 7.64. The first-order valence-electron chi connectivity index (χ1n) is 7.64. The molecule has 3 nitrogen and oxygen atoms in total. The summed E-state index contributed by atoms with van der Waals surface area (Å²) in [6, 6.07) is 0. The van der Waals surface area contributed by atoms with Crippen LogP contribution in [0.15, 0.2) is 11.6 Å². The molecule has 1 fully saturated rings. The molecule has 110 valence electrons. The molecule has 0 spiro atoms. The Morgan fingerprint density at radius 2 is 1.95 bits per heavy atom. The maximum absolute atomic E-state index is 11.1. The van der Waals surface area contributed by atoms with Crippen molar-refractivity contribution in [1.82, 2.24) is 4.90 Å². The summed E-state index contributed by atoms with van der Waals surface area (Å²) < 4.78 is 0. The maximum atomic E-state index is 11.1. The van der Waals surface area contributed by atoms with Gasteiger partial charge < -0.3 is 10.6 Å². The molecule has 1 aliphatic heterocycles. The molecule has 1 rings (SSSR count). The van der Waals surface area contributed by atoms with Crippen LogP contribution in [0.1, 0.15) is 52.9 Å². The summed E-state index contributed by atoms with van der Waals surface area (Å²) in [4.78, 5) is 13.6. The zero-order valence-electron chi connectivity index (χ0n) is 12.8. The largest absolute Gasteiger partial charge is 0.369 e. The van der Waals surface area contributed by atoms with Crippen LogP contribution in [-0.2, 0) is 4.79 Å². The summed E-state index contributed by atoms with van der Waals surface area (Å²) in [5.74, 6) is 0.783. The Balaban J connectivity index is 2.13. The van der Waals surface area contributed by atoms with E-state index in [4.69, 9.17) is 5.73 Å². The summed E-state index contributed by atoms with van der Waals surface area (Å²) in [5.41, 5.74) is 6.77. The summed E-state index contributed by atoms with van der Waals surface area (Å²) in [6.07, 6.45) is 7.96. The van der Waals surface area contributed by atoms with Gasteiger partial charge in [-0.2, -0.15) is 0 Å². The van der Waals surface area contributed by atoms with Crippen molar-refractivity contribution in [2.45, 2.75) is 52.9 Å². The van der Waals surface area contributed by atoms with Crippen LogP contribution in [0.3, 0.4) is 0 Å². The Morgan fingerprint density at radius 3 is 2.47 bits per heavy atom. The van der Waals surface area contributed by atoms with Gasteiger partial charge in [-0.3, -0.25) is 4.79 Å². The molecule has 1 saturated heterocycles. The van der Waals surface area contributed by atoms with Gasteiger partial charge in [0.1, 0.15) is 0 Å². The lowest BCUT2D eigenvalue weighted by Gasteiger charge is -2.31. The number of likely N-dealkylation sites (tertiary alicyclic amines) is 1. The number of hydrogen-bond donors (Lipinski definition) is 1. The third kappa shape index (κ3) is 6.76. The number of piperidine rings is 1. The van der Waals surface area contributed by atoms with Crippen LogP contribution in [0.4, 0.5) is 0 Å². The van der Waals surface area contributed by atoms with E-state index in [0.717, 1.165) is 31.8 Å². The second kappa shape index (κ2) is 8.36. The van der Waals surface area contributed by atoms with Gasteiger partial charge in [0.15, 0.2) is 0 Å². The average Bonchev–Trinajstić information content (AvgIpc) is 2.36. The van der Waals surface area contributed by atoms with E-state index in [0.29, 0.717) is 0 Å². The molecule has 1 atom stereocenters. The first-order chi connectivity index (χ1) is 8.99. The smallest absolute Gasteiger partial charge is 0.220 e. The van der Waals surface area contributed by atoms with Gasteiger partial charge in [0.2, 0.25) is 5.91 Å². The average molecular weight is 266 g/mol. The lowest BCUT2D eigenvalue weighted by atomic mass is 9.95. The van der Waals surface area contributed by atoms with Crippen LogP contribution in [0, 0.1) is 11.8 Å². The van der Waals surface area contributed by atoms with Gasteiger partial charge in [0.05, 0.1) is 0 Å². The highest BCUT2D eigenvalue weighted by Gasteiger charge is 2.22. The van der Waals surface area contributed by atoms with E-state index >= 15 is 0 Å². The maximum Gasteiger partial charge on any atom is 0.220 e. The van der Waals surface area contributed by atoms with Crippen molar-refractivity contribution in [3.05, 3.63) is 11.6 Å².